The molecular formula is C59H37N3. The maximum absolute atomic E-state index is 5.09. The molecule has 0 N–H and O–H groups in total. The largest absolute Gasteiger partial charge is 0.208 e. The average molecular weight is 788 g/mol. The van der Waals surface area contributed by atoms with Gasteiger partial charge in [0.2, 0.25) is 0 Å². The fraction of sp³-hybridized carbons (Fsp3) is 0.0339. The fourth-order valence-corrected chi connectivity index (χ4v) is 11.2. The van der Waals surface area contributed by atoms with Crippen molar-refractivity contribution in [3.05, 3.63) is 269 Å². The van der Waals surface area contributed by atoms with Crippen molar-refractivity contribution in [1.82, 2.24) is 15.0 Å². The number of benzene rings is 9. The summed E-state index contributed by atoms with van der Waals surface area (Å²) in [5.41, 5.74) is 19.9. The normalized spacial score (nSPS) is 17.2. The zero-order chi connectivity index (χ0) is 40.8. The Hall–Kier alpha value is -8.01. The number of nitrogens with zero attached hydrogens (tertiary/aromatic N) is 3. The summed E-state index contributed by atoms with van der Waals surface area (Å²) in [5, 5.41) is 0. The molecule has 3 nitrogen and oxygen atoms in total. The Balaban J connectivity index is 1.05. The predicted octanol–water partition coefficient (Wildman–Crippen LogP) is 13.6. The predicted molar refractivity (Wildman–Crippen MR) is 250 cm³/mol. The van der Waals surface area contributed by atoms with Crippen LogP contribution in [0.1, 0.15) is 44.5 Å². The Kier molecular flexibility index (Phi) is 7.44. The quantitative estimate of drug-likeness (QED) is 0.174. The van der Waals surface area contributed by atoms with Gasteiger partial charge in [-0.05, 0) is 90.0 Å². The molecule has 3 aliphatic carbocycles. The molecule has 0 radical (unpaired) electrons. The number of aromatic nitrogens is 3. The molecule has 0 saturated carbocycles. The van der Waals surface area contributed by atoms with Crippen LogP contribution < -0.4 is 0 Å². The lowest BCUT2D eigenvalue weighted by Crippen LogP contribution is -2.43. The number of hydrogen-bond acceptors (Lipinski definition) is 3. The van der Waals surface area contributed by atoms with Gasteiger partial charge in [0.1, 0.15) is 0 Å². The molecule has 0 fully saturated rings. The maximum atomic E-state index is 5.09. The third kappa shape index (κ3) is 4.68. The first-order chi connectivity index (χ1) is 30.7. The molecule has 288 valence electrons. The highest BCUT2D eigenvalue weighted by Crippen LogP contribution is 2.68. The van der Waals surface area contributed by atoms with Crippen molar-refractivity contribution in [2.45, 2.75) is 10.8 Å². The van der Waals surface area contributed by atoms with Crippen molar-refractivity contribution >= 4 is 0 Å². The van der Waals surface area contributed by atoms with E-state index in [-0.39, 0.29) is 0 Å². The molecule has 1 heterocycles. The van der Waals surface area contributed by atoms with Crippen LogP contribution in [0.3, 0.4) is 0 Å². The topological polar surface area (TPSA) is 38.7 Å². The van der Waals surface area contributed by atoms with Gasteiger partial charge in [-0.2, -0.15) is 0 Å². The van der Waals surface area contributed by atoms with Crippen LogP contribution in [0.4, 0.5) is 0 Å². The third-order valence-corrected chi connectivity index (χ3v) is 13.6. The molecule has 0 bridgehead atoms. The zero-order valence-electron chi connectivity index (χ0n) is 33.7. The van der Waals surface area contributed by atoms with Crippen molar-refractivity contribution in [2.75, 3.05) is 0 Å². The molecule has 3 heteroatoms. The second-order valence-electron chi connectivity index (χ2n) is 16.6. The summed E-state index contributed by atoms with van der Waals surface area (Å²) in [6, 6.07) is 81.9. The summed E-state index contributed by atoms with van der Waals surface area (Å²) in [6.07, 6.45) is 0. The van der Waals surface area contributed by atoms with Crippen LogP contribution in [0, 0.1) is 0 Å². The van der Waals surface area contributed by atoms with Crippen molar-refractivity contribution in [1.29, 1.82) is 0 Å². The number of hydrogen-bond donors (Lipinski definition) is 0. The number of rotatable bonds is 5. The van der Waals surface area contributed by atoms with Gasteiger partial charge in [-0.1, -0.05) is 212 Å². The van der Waals surface area contributed by atoms with E-state index in [4.69, 9.17) is 15.0 Å². The van der Waals surface area contributed by atoms with E-state index in [0.717, 1.165) is 27.8 Å². The van der Waals surface area contributed by atoms with Crippen LogP contribution in [-0.4, -0.2) is 15.0 Å². The fourth-order valence-electron chi connectivity index (χ4n) is 11.2. The average Bonchev–Trinajstić information content (AvgIpc) is 3.83. The summed E-state index contributed by atoms with van der Waals surface area (Å²) in [4.78, 5) is 15.1. The summed E-state index contributed by atoms with van der Waals surface area (Å²) in [7, 11) is 0. The van der Waals surface area contributed by atoms with Crippen LogP contribution in [0.25, 0.3) is 67.5 Å². The molecule has 1 aromatic heterocycles. The van der Waals surface area contributed by atoms with Crippen LogP contribution in [0.15, 0.2) is 224 Å². The Morgan fingerprint density at radius 2 is 0.661 bits per heavy atom. The summed E-state index contributed by atoms with van der Waals surface area (Å²) in [5.74, 6) is 1.94. The van der Waals surface area contributed by atoms with E-state index in [1.807, 2.05) is 36.4 Å². The van der Waals surface area contributed by atoms with Crippen LogP contribution in [0.5, 0.6) is 0 Å². The molecule has 0 aliphatic heterocycles. The van der Waals surface area contributed by atoms with Gasteiger partial charge in [0.25, 0.3) is 0 Å². The Bertz CT molecular complexity index is 3360. The van der Waals surface area contributed by atoms with E-state index in [0.29, 0.717) is 17.5 Å². The minimum absolute atomic E-state index is 0.475. The molecule has 13 rings (SSSR count). The van der Waals surface area contributed by atoms with E-state index in [1.54, 1.807) is 0 Å². The van der Waals surface area contributed by atoms with Gasteiger partial charge in [0, 0.05) is 16.7 Å². The lowest BCUT2D eigenvalue weighted by atomic mass is 9.52. The smallest absolute Gasteiger partial charge is 0.164 e. The molecule has 3 aliphatic rings. The Labute approximate surface area is 360 Å². The second kappa shape index (κ2) is 13.2. The molecule has 9 aromatic carbocycles. The van der Waals surface area contributed by atoms with Gasteiger partial charge < -0.3 is 0 Å². The van der Waals surface area contributed by atoms with Crippen molar-refractivity contribution in [3.63, 3.8) is 0 Å². The van der Waals surface area contributed by atoms with Crippen LogP contribution >= 0.6 is 0 Å². The highest BCUT2D eigenvalue weighted by molar-refractivity contribution is 5.96. The summed E-state index contributed by atoms with van der Waals surface area (Å²) < 4.78 is 0. The SMILES string of the molecule is c1ccc(-c2nc(-c3ccccc3)nc(-c3cccc(-c4ccc5c(c4)C4(c6ccccc6-5)c5ccccc5C5(c6ccccc6)c6ccccc6-c6cccc4c65)c3)n2)cc1. The molecule has 62 heavy (non-hydrogen) atoms. The van der Waals surface area contributed by atoms with Gasteiger partial charge >= 0.3 is 0 Å². The van der Waals surface area contributed by atoms with E-state index >= 15 is 0 Å². The van der Waals surface area contributed by atoms with Gasteiger partial charge in [-0.15, -0.1) is 0 Å². The molecular weight excluding hydrogens is 751 g/mol. The first kappa shape index (κ1) is 34.8. The monoisotopic (exact) mass is 787 g/mol. The lowest BCUT2D eigenvalue weighted by molar-refractivity contribution is 0.636. The molecule has 0 saturated heterocycles. The van der Waals surface area contributed by atoms with Crippen molar-refractivity contribution in [2.24, 2.45) is 0 Å². The first-order valence-corrected chi connectivity index (χ1v) is 21.4. The van der Waals surface area contributed by atoms with Gasteiger partial charge in [0.15, 0.2) is 17.5 Å². The standard InChI is InChI=1S/C59H37N3/c1-4-18-38(19-5-1)55-60-56(39-20-6-2-7-21-39)62-57(61-55)42-23-16-22-40(36-42)41-34-35-46-44-26-10-13-30-49(44)59(53(46)37-41)51-32-15-14-31-50(51)58(43-24-8-3-9-25-43)48-29-12-11-27-45(48)47-28-17-33-52(59)54(47)58/h1-37H. The molecule has 2 atom stereocenters. The summed E-state index contributed by atoms with van der Waals surface area (Å²) >= 11 is 0. The highest BCUT2D eigenvalue weighted by Gasteiger charge is 2.59. The minimum Gasteiger partial charge on any atom is -0.208 e. The second-order valence-corrected chi connectivity index (χ2v) is 16.6. The van der Waals surface area contributed by atoms with Gasteiger partial charge in [-0.3, -0.25) is 0 Å². The van der Waals surface area contributed by atoms with Crippen LogP contribution in [0.2, 0.25) is 0 Å². The number of fused-ring (bicyclic) bond motifs is 12. The third-order valence-electron chi connectivity index (χ3n) is 13.6. The van der Waals surface area contributed by atoms with Crippen molar-refractivity contribution in [3.8, 4) is 67.5 Å². The van der Waals surface area contributed by atoms with Gasteiger partial charge in [0.05, 0.1) is 10.8 Å². The zero-order valence-corrected chi connectivity index (χ0v) is 33.7. The Morgan fingerprint density at radius 3 is 1.32 bits per heavy atom. The molecule has 2 unspecified atom stereocenters. The first-order valence-electron chi connectivity index (χ1n) is 21.4. The van der Waals surface area contributed by atoms with Crippen molar-refractivity contribution < 1.29 is 0 Å². The van der Waals surface area contributed by atoms with E-state index in [1.165, 1.54) is 66.8 Å². The van der Waals surface area contributed by atoms with Gasteiger partial charge in [-0.25, -0.2) is 15.0 Å². The highest BCUT2D eigenvalue weighted by atomic mass is 15.0. The maximum Gasteiger partial charge on any atom is 0.164 e. The van der Waals surface area contributed by atoms with E-state index in [2.05, 4.69) is 188 Å². The summed E-state index contributed by atoms with van der Waals surface area (Å²) in [6.45, 7) is 0. The van der Waals surface area contributed by atoms with E-state index < -0.39 is 10.8 Å². The van der Waals surface area contributed by atoms with Crippen LogP contribution in [-0.2, 0) is 10.8 Å². The molecule has 1 spiro atoms. The molecule has 10 aromatic rings. The molecule has 0 amide bonds. The van der Waals surface area contributed by atoms with E-state index in [9.17, 15) is 0 Å². The minimum atomic E-state index is -0.564. The Morgan fingerprint density at radius 1 is 0.242 bits per heavy atom. The lowest BCUT2D eigenvalue weighted by Gasteiger charge is -2.48.